The van der Waals surface area contributed by atoms with Gasteiger partial charge in [-0.3, -0.25) is 19.2 Å². The number of benzene rings is 1. The first-order chi connectivity index (χ1) is 22.5. The van der Waals surface area contributed by atoms with Crippen molar-refractivity contribution < 1.29 is 33.4 Å². The summed E-state index contributed by atoms with van der Waals surface area (Å²) < 4.78 is 17.9. The van der Waals surface area contributed by atoms with Gasteiger partial charge in [-0.05, 0) is 106 Å². The van der Waals surface area contributed by atoms with Crippen molar-refractivity contribution in [3.05, 3.63) is 47.5 Å². The van der Waals surface area contributed by atoms with Crippen LogP contribution in [0.15, 0.2) is 42.0 Å². The fourth-order valence-corrected chi connectivity index (χ4v) is 10.7. The average molecular weight is 665 g/mol. The normalized spacial score (nSPS) is 37.9. The number of rotatable bonds is 8. The van der Waals surface area contributed by atoms with Crippen LogP contribution >= 0.6 is 0 Å². The first-order valence-corrected chi connectivity index (χ1v) is 17.7. The summed E-state index contributed by atoms with van der Waals surface area (Å²) in [5.41, 5.74) is 0.883. The van der Waals surface area contributed by atoms with Crippen LogP contribution in [0.2, 0.25) is 0 Å². The third-order valence-corrected chi connectivity index (χ3v) is 13.3. The van der Waals surface area contributed by atoms with Crippen molar-refractivity contribution in [3.8, 4) is 0 Å². The van der Waals surface area contributed by atoms with Gasteiger partial charge in [-0.25, -0.2) is 0 Å². The second-order valence-corrected chi connectivity index (χ2v) is 16.1. The van der Waals surface area contributed by atoms with Gasteiger partial charge in [-0.2, -0.15) is 0 Å². The fraction of sp³-hybridized carbons (Fsp3) is 0.692. The minimum absolute atomic E-state index is 0.00708. The third kappa shape index (κ3) is 6.44. The maximum atomic E-state index is 13.6. The van der Waals surface area contributed by atoms with E-state index in [4.69, 9.17) is 14.2 Å². The van der Waals surface area contributed by atoms with Gasteiger partial charge in [0.2, 0.25) is 0 Å². The molecule has 1 aromatic carbocycles. The maximum Gasteiger partial charge on any atom is 0.303 e. The quantitative estimate of drug-likeness (QED) is 0.206. The van der Waals surface area contributed by atoms with E-state index in [0.717, 1.165) is 38.5 Å². The second kappa shape index (κ2) is 13.6. The first kappa shape index (κ1) is 36.1. The zero-order valence-electron chi connectivity index (χ0n) is 30.3. The summed E-state index contributed by atoms with van der Waals surface area (Å²) in [4.78, 5) is 53.1. The lowest BCUT2D eigenvalue weighted by molar-refractivity contribution is -0.154. The lowest BCUT2D eigenvalue weighted by atomic mass is 9.48. The van der Waals surface area contributed by atoms with Gasteiger partial charge >= 0.3 is 17.9 Å². The van der Waals surface area contributed by atoms with E-state index in [-0.39, 0.29) is 53.3 Å². The number of fused-ring (bicyclic) bond motifs is 4. The molecule has 48 heavy (non-hydrogen) atoms. The Bertz CT molecular complexity index is 1430. The van der Waals surface area contributed by atoms with E-state index in [9.17, 15) is 19.2 Å². The predicted octanol–water partition coefficient (Wildman–Crippen LogP) is 5.97. The molecule has 3 saturated carbocycles. The molecule has 0 aliphatic heterocycles. The fourth-order valence-electron chi connectivity index (χ4n) is 10.7. The topological polar surface area (TPSA) is 111 Å². The maximum absolute atomic E-state index is 13.6. The van der Waals surface area contributed by atoms with Gasteiger partial charge in [-0.15, -0.1) is 0 Å². The van der Waals surface area contributed by atoms with Crippen LogP contribution in [0.25, 0.3) is 0 Å². The van der Waals surface area contributed by atoms with Gasteiger partial charge in [0.15, 0.2) is 0 Å². The Balaban J connectivity index is 1.54. The zero-order chi connectivity index (χ0) is 35.2. The summed E-state index contributed by atoms with van der Waals surface area (Å²) >= 11 is 0. The monoisotopic (exact) mass is 664 g/mol. The number of amides is 1. The van der Waals surface area contributed by atoms with Crippen LogP contribution in [0.3, 0.4) is 0 Å². The number of esters is 3. The van der Waals surface area contributed by atoms with Crippen molar-refractivity contribution in [2.75, 3.05) is 20.7 Å². The smallest absolute Gasteiger partial charge is 0.303 e. The molecule has 0 bridgehead atoms. The summed E-state index contributed by atoms with van der Waals surface area (Å²) in [7, 11) is 4.22. The molecular formula is C39H56N2O7. The molecule has 0 radical (unpaired) electrons. The minimum Gasteiger partial charge on any atom is -0.465 e. The number of carbonyl (C=O) groups is 4. The van der Waals surface area contributed by atoms with E-state index in [1.807, 2.05) is 18.2 Å². The molecule has 1 aromatic rings. The summed E-state index contributed by atoms with van der Waals surface area (Å²) in [5, 5.41) is 3.22. The molecule has 0 heterocycles. The molecular weight excluding hydrogens is 608 g/mol. The van der Waals surface area contributed by atoms with Gasteiger partial charge in [0.05, 0.1) is 12.6 Å². The van der Waals surface area contributed by atoms with Gasteiger partial charge in [0.25, 0.3) is 5.91 Å². The van der Waals surface area contributed by atoms with Crippen molar-refractivity contribution in [2.24, 2.45) is 39.9 Å². The number of ether oxygens (including phenoxy) is 3. The van der Waals surface area contributed by atoms with E-state index < -0.39 is 29.5 Å². The molecule has 1 N–H and O–H groups in total. The number of hydrogen-bond acceptors (Lipinski definition) is 8. The van der Waals surface area contributed by atoms with Crippen molar-refractivity contribution in [1.29, 1.82) is 0 Å². The summed E-state index contributed by atoms with van der Waals surface area (Å²) in [5.74, 6) is -0.340. The Morgan fingerprint density at radius 2 is 1.58 bits per heavy atom. The SMILES string of the molecule is CC(=O)OCC1(C)C2CCC3C(CCC4(C)C(C(C)N(C)C)C(OC(C)=O)CC34C)CC2=CC(OC(C)=O)C1NC(=O)c1ccccc1. The van der Waals surface area contributed by atoms with Crippen LogP contribution in [0.1, 0.15) is 97.3 Å². The Hall–Kier alpha value is -3.20. The molecule has 0 aromatic heterocycles. The molecule has 11 unspecified atom stereocenters. The second-order valence-electron chi connectivity index (χ2n) is 16.1. The first-order valence-electron chi connectivity index (χ1n) is 17.7. The number of nitrogens with zero attached hydrogens (tertiary/aromatic N) is 1. The van der Waals surface area contributed by atoms with Crippen LogP contribution in [-0.2, 0) is 28.6 Å². The molecule has 0 spiro atoms. The Kier molecular flexibility index (Phi) is 10.2. The van der Waals surface area contributed by atoms with Crippen molar-refractivity contribution in [1.82, 2.24) is 10.2 Å². The summed E-state index contributed by atoms with van der Waals surface area (Å²) in [6, 6.07) is 8.62. The van der Waals surface area contributed by atoms with Gasteiger partial charge in [0, 0.05) is 43.7 Å². The highest BCUT2D eigenvalue weighted by atomic mass is 16.6. The number of hydrogen-bond donors (Lipinski definition) is 1. The molecule has 4 aliphatic rings. The van der Waals surface area contributed by atoms with Gasteiger partial charge in [-0.1, -0.05) is 44.5 Å². The molecule has 4 aliphatic carbocycles. The Morgan fingerprint density at radius 1 is 0.917 bits per heavy atom. The zero-order valence-corrected chi connectivity index (χ0v) is 30.3. The third-order valence-electron chi connectivity index (χ3n) is 13.3. The van der Waals surface area contributed by atoms with Crippen LogP contribution in [0.5, 0.6) is 0 Å². The van der Waals surface area contributed by atoms with E-state index in [0.29, 0.717) is 17.4 Å². The van der Waals surface area contributed by atoms with Gasteiger partial charge < -0.3 is 24.4 Å². The average Bonchev–Trinajstić information content (AvgIpc) is 3.11. The van der Waals surface area contributed by atoms with Crippen LogP contribution in [0, 0.1) is 39.9 Å². The molecule has 11 atom stereocenters. The molecule has 0 saturated heterocycles. The van der Waals surface area contributed by atoms with Gasteiger partial charge in [0.1, 0.15) is 12.2 Å². The molecule has 9 heteroatoms. The van der Waals surface area contributed by atoms with Crippen LogP contribution < -0.4 is 5.32 Å². The van der Waals surface area contributed by atoms with E-state index in [2.05, 4.69) is 58.1 Å². The molecule has 3 fully saturated rings. The highest BCUT2D eigenvalue weighted by molar-refractivity contribution is 5.94. The Labute approximate surface area is 286 Å². The van der Waals surface area contributed by atoms with E-state index >= 15 is 0 Å². The lowest BCUT2D eigenvalue weighted by Crippen LogP contribution is -2.61. The lowest BCUT2D eigenvalue weighted by Gasteiger charge is -2.56. The number of nitrogens with one attached hydrogen (secondary N) is 1. The van der Waals surface area contributed by atoms with Crippen LogP contribution in [0.4, 0.5) is 0 Å². The predicted molar refractivity (Wildman–Crippen MR) is 183 cm³/mol. The highest BCUT2D eigenvalue weighted by Gasteiger charge is 2.67. The molecule has 1 amide bonds. The molecule has 9 nitrogen and oxygen atoms in total. The largest absolute Gasteiger partial charge is 0.465 e. The summed E-state index contributed by atoms with van der Waals surface area (Å²) in [6.07, 6.45) is 6.78. The minimum atomic E-state index is -0.740. The van der Waals surface area contributed by atoms with Crippen molar-refractivity contribution in [3.63, 3.8) is 0 Å². The standard InChI is InChI=1S/C39H56N2O7/c1-23(41(8)9)34-33(48-26(4)44)21-39(7)31-16-15-30-29(19-28(31)17-18-38(34,39)6)20-32(47-25(3)43)35(37(30,5)22-46-24(2)42)40-36(45)27-13-11-10-12-14-27/h10-14,20,23,28,30-35H,15-19,21-22H2,1-9H3,(H,40,45). The number of allylic oxidation sites excluding steroid dienone is 1. The highest BCUT2D eigenvalue weighted by Crippen LogP contribution is 2.70. The van der Waals surface area contributed by atoms with E-state index in [1.165, 1.54) is 26.3 Å². The molecule has 264 valence electrons. The number of carbonyl (C=O) groups excluding carboxylic acids is 4. The van der Waals surface area contributed by atoms with Crippen molar-refractivity contribution >= 4 is 23.8 Å². The van der Waals surface area contributed by atoms with Crippen molar-refractivity contribution in [2.45, 2.75) is 111 Å². The van der Waals surface area contributed by atoms with Crippen LogP contribution in [-0.4, -0.2) is 73.7 Å². The van der Waals surface area contributed by atoms with E-state index in [1.54, 1.807) is 12.1 Å². The molecule has 5 rings (SSSR count). The summed E-state index contributed by atoms with van der Waals surface area (Å²) in [6.45, 7) is 13.6. The Morgan fingerprint density at radius 3 is 2.19 bits per heavy atom.